The number of nitrogens with one attached hydrogen (secondary N) is 2. The third kappa shape index (κ3) is 7.26. The Hall–Kier alpha value is 0.0300. The first kappa shape index (κ1) is 26.6. The van der Waals surface area contributed by atoms with Gasteiger partial charge < -0.3 is 10.2 Å². The maximum Gasteiger partial charge on any atom is 0.223 e. The highest BCUT2D eigenvalue weighted by Gasteiger charge is 2.41. The quantitative estimate of drug-likeness (QED) is 0.342. The van der Waals surface area contributed by atoms with Gasteiger partial charge in [0.1, 0.15) is 0 Å². The molecular weight excluding hydrogens is 438 g/mol. The molecule has 2 N–H and O–H groups in total. The monoisotopic (exact) mass is 485 g/mol. The largest absolute Gasteiger partial charge is 0.352 e. The molecule has 2 aliphatic carbocycles. The summed E-state index contributed by atoms with van der Waals surface area (Å²) in [6.07, 6.45) is 12.7. The maximum absolute atomic E-state index is 13.1. The SMILES string of the molecule is CSNC1CCCC(C(=O)N[C@@H](CN2CCC(C3CCC(Cl)CC3)C(C)(C)C2)C(C)C)C1. The van der Waals surface area contributed by atoms with Gasteiger partial charge in [-0.2, -0.15) is 0 Å². The Morgan fingerprint density at radius 3 is 2.47 bits per heavy atom. The summed E-state index contributed by atoms with van der Waals surface area (Å²) in [6, 6.07) is 0.705. The fourth-order valence-corrected chi connectivity index (χ4v) is 7.50. The number of hydrogen-bond donors (Lipinski definition) is 2. The van der Waals surface area contributed by atoms with Gasteiger partial charge in [-0.1, -0.05) is 46.1 Å². The number of carbonyl (C=O) groups excluding carboxylic acids is 1. The molecule has 1 heterocycles. The third-order valence-electron chi connectivity index (χ3n) is 8.58. The first-order chi connectivity index (χ1) is 15.2. The van der Waals surface area contributed by atoms with E-state index in [1.807, 2.05) is 0 Å². The molecule has 1 aliphatic heterocycles. The first-order valence-corrected chi connectivity index (χ1v) is 14.8. The van der Waals surface area contributed by atoms with Gasteiger partial charge in [0, 0.05) is 36.5 Å². The van der Waals surface area contributed by atoms with Crippen LogP contribution in [0.15, 0.2) is 0 Å². The van der Waals surface area contributed by atoms with Crippen molar-refractivity contribution in [2.24, 2.45) is 29.1 Å². The number of hydrogen-bond acceptors (Lipinski definition) is 4. The molecule has 0 bridgehead atoms. The Bertz CT molecular complexity index is 592. The Balaban J connectivity index is 1.53. The number of nitrogens with zero attached hydrogens (tertiary/aromatic N) is 1. The molecule has 3 fully saturated rings. The van der Waals surface area contributed by atoms with E-state index in [0.29, 0.717) is 22.8 Å². The molecule has 4 nitrogen and oxygen atoms in total. The minimum absolute atomic E-state index is 0.161. The fourth-order valence-electron chi connectivity index (χ4n) is 6.70. The highest BCUT2D eigenvalue weighted by atomic mass is 35.5. The molecule has 3 aliphatic rings. The summed E-state index contributed by atoms with van der Waals surface area (Å²) in [5.74, 6) is 2.54. The van der Waals surface area contributed by atoms with E-state index in [4.69, 9.17) is 11.6 Å². The van der Waals surface area contributed by atoms with E-state index in [9.17, 15) is 4.79 Å². The minimum Gasteiger partial charge on any atom is -0.352 e. The van der Waals surface area contributed by atoms with Crippen LogP contribution in [0.5, 0.6) is 0 Å². The molecule has 4 atom stereocenters. The van der Waals surface area contributed by atoms with Crippen LogP contribution in [0.25, 0.3) is 0 Å². The van der Waals surface area contributed by atoms with Gasteiger partial charge in [-0.05, 0) is 87.3 Å². The summed E-state index contributed by atoms with van der Waals surface area (Å²) in [6.45, 7) is 12.7. The van der Waals surface area contributed by atoms with Crippen molar-refractivity contribution in [3.05, 3.63) is 0 Å². The number of alkyl halides is 1. The second kappa shape index (κ2) is 12.1. The van der Waals surface area contributed by atoms with E-state index in [-0.39, 0.29) is 17.9 Å². The number of carbonyl (C=O) groups is 1. The van der Waals surface area contributed by atoms with Crippen LogP contribution in [0.4, 0.5) is 0 Å². The van der Waals surface area contributed by atoms with Crippen LogP contribution in [0.1, 0.15) is 85.5 Å². The minimum atomic E-state index is 0.161. The van der Waals surface area contributed by atoms with Crippen molar-refractivity contribution in [3.8, 4) is 0 Å². The molecule has 0 aromatic heterocycles. The van der Waals surface area contributed by atoms with Gasteiger partial charge in [0.15, 0.2) is 0 Å². The summed E-state index contributed by atoms with van der Waals surface area (Å²) in [5, 5.41) is 3.88. The molecule has 2 saturated carbocycles. The Morgan fingerprint density at radius 2 is 1.84 bits per heavy atom. The van der Waals surface area contributed by atoms with Crippen LogP contribution >= 0.6 is 23.5 Å². The Morgan fingerprint density at radius 1 is 1.12 bits per heavy atom. The number of halogens is 1. The zero-order valence-corrected chi connectivity index (χ0v) is 22.7. The van der Waals surface area contributed by atoms with Gasteiger partial charge in [-0.25, -0.2) is 0 Å². The van der Waals surface area contributed by atoms with Crippen molar-refractivity contribution in [1.82, 2.24) is 14.9 Å². The van der Waals surface area contributed by atoms with Crippen LogP contribution < -0.4 is 10.0 Å². The van der Waals surface area contributed by atoms with E-state index >= 15 is 0 Å². The van der Waals surface area contributed by atoms with Gasteiger partial charge >= 0.3 is 0 Å². The maximum atomic E-state index is 13.1. The molecule has 1 amide bonds. The Kier molecular flexibility index (Phi) is 10.1. The summed E-state index contributed by atoms with van der Waals surface area (Å²) in [7, 11) is 0. The summed E-state index contributed by atoms with van der Waals surface area (Å²) >= 11 is 8.06. The molecule has 0 aromatic rings. The molecule has 0 spiro atoms. The molecule has 32 heavy (non-hydrogen) atoms. The van der Waals surface area contributed by atoms with Crippen molar-refractivity contribution in [2.75, 3.05) is 25.9 Å². The number of piperidine rings is 1. The van der Waals surface area contributed by atoms with Crippen LogP contribution in [-0.2, 0) is 4.79 Å². The number of amides is 1. The lowest BCUT2D eigenvalue weighted by Crippen LogP contribution is -2.54. The lowest BCUT2D eigenvalue weighted by molar-refractivity contribution is -0.127. The van der Waals surface area contributed by atoms with Crippen LogP contribution in [0.2, 0.25) is 0 Å². The molecule has 1 saturated heterocycles. The van der Waals surface area contributed by atoms with E-state index in [1.165, 1.54) is 38.5 Å². The molecule has 6 heteroatoms. The van der Waals surface area contributed by atoms with Gasteiger partial charge in [0.25, 0.3) is 0 Å². The molecule has 0 radical (unpaired) electrons. The van der Waals surface area contributed by atoms with Crippen molar-refractivity contribution in [2.45, 2.75) is 103 Å². The van der Waals surface area contributed by atoms with Crippen LogP contribution in [0.3, 0.4) is 0 Å². The summed E-state index contributed by atoms with van der Waals surface area (Å²) < 4.78 is 3.47. The van der Waals surface area contributed by atoms with Gasteiger partial charge in [-0.15, -0.1) is 11.6 Å². The van der Waals surface area contributed by atoms with Crippen molar-refractivity contribution in [1.29, 1.82) is 0 Å². The van der Waals surface area contributed by atoms with E-state index in [0.717, 1.165) is 50.7 Å². The van der Waals surface area contributed by atoms with E-state index in [2.05, 4.69) is 48.9 Å². The predicted octanol–water partition coefficient (Wildman–Crippen LogP) is 5.70. The zero-order valence-electron chi connectivity index (χ0n) is 21.2. The van der Waals surface area contributed by atoms with Crippen molar-refractivity contribution < 1.29 is 4.79 Å². The molecule has 3 rings (SSSR count). The fraction of sp³-hybridized carbons (Fsp3) is 0.962. The highest BCUT2D eigenvalue weighted by molar-refractivity contribution is 7.96. The van der Waals surface area contributed by atoms with E-state index < -0.39 is 0 Å². The average Bonchev–Trinajstić information content (AvgIpc) is 2.74. The molecule has 3 unspecified atom stereocenters. The second-order valence-electron chi connectivity index (χ2n) is 11.9. The van der Waals surface area contributed by atoms with Crippen molar-refractivity contribution in [3.63, 3.8) is 0 Å². The van der Waals surface area contributed by atoms with Gasteiger partial charge in [0.2, 0.25) is 5.91 Å². The summed E-state index contributed by atoms with van der Waals surface area (Å²) in [4.78, 5) is 15.8. The molecule has 186 valence electrons. The number of likely N-dealkylation sites (tertiary alicyclic amines) is 1. The normalized spacial score (nSPS) is 34.9. The predicted molar refractivity (Wildman–Crippen MR) is 139 cm³/mol. The summed E-state index contributed by atoms with van der Waals surface area (Å²) in [5.41, 5.74) is 0.327. The van der Waals surface area contributed by atoms with Gasteiger partial charge in [-0.3, -0.25) is 9.52 Å². The van der Waals surface area contributed by atoms with E-state index in [1.54, 1.807) is 11.9 Å². The average molecular weight is 486 g/mol. The smallest absolute Gasteiger partial charge is 0.223 e. The topological polar surface area (TPSA) is 44.4 Å². The second-order valence-corrected chi connectivity index (χ2v) is 13.1. The molecule has 0 aromatic carbocycles. The van der Waals surface area contributed by atoms with Crippen LogP contribution in [-0.4, -0.2) is 54.2 Å². The zero-order chi connectivity index (χ0) is 23.3. The lowest BCUT2D eigenvalue weighted by Gasteiger charge is -2.49. The van der Waals surface area contributed by atoms with Gasteiger partial charge in [0.05, 0.1) is 0 Å². The van der Waals surface area contributed by atoms with Crippen LogP contribution in [0, 0.1) is 29.1 Å². The molecular formula is C26H48ClN3OS. The lowest BCUT2D eigenvalue weighted by atomic mass is 9.64. The van der Waals surface area contributed by atoms with Crippen molar-refractivity contribution >= 4 is 29.5 Å². The third-order valence-corrected chi connectivity index (χ3v) is 9.58. The Labute approximate surface area is 206 Å². The number of rotatable bonds is 8. The highest BCUT2D eigenvalue weighted by Crippen LogP contribution is 2.45. The standard InChI is InChI=1S/C26H48ClN3OS/c1-18(2)24(28-25(31)20-7-6-8-22(15-20)29-32-5)16-30-14-13-23(26(3,4)17-30)19-9-11-21(27)12-10-19/h18-24,29H,6-17H2,1-5H3,(H,28,31)/t19?,20?,21?,22?,23?,24-/m0/s1. The first-order valence-electron chi connectivity index (χ1n) is 13.1.